The van der Waals surface area contributed by atoms with Crippen molar-refractivity contribution in [2.45, 2.75) is 51.7 Å². The van der Waals surface area contributed by atoms with Gasteiger partial charge in [0.05, 0.1) is 5.69 Å². The van der Waals surface area contributed by atoms with E-state index in [0.29, 0.717) is 12.1 Å². The van der Waals surface area contributed by atoms with Gasteiger partial charge < -0.3 is 5.32 Å². The summed E-state index contributed by atoms with van der Waals surface area (Å²) in [6, 6.07) is 1.17. The highest BCUT2D eigenvalue weighted by molar-refractivity contribution is 4.95. The van der Waals surface area contributed by atoms with Crippen LogP contribution in [0.3, 0.4) is 0 Å². The molecule has 0 bridgehead atoms. The van der Waals surface area contributed by atoms with Gasteiger partial charge in [0, 0.05) is 43.8 Å². The van der Waals surface area contributed by atoms with Crippen LogP contribution in [0.15, 0.2) is 18.6 Å². The van der Waals surface area contributed by atoms with Gasteiger partial charge in [-0.1, -0.05) is 6.42 Å². The summed E-state index contributed by atoms with van der Waals surface area (Å²) in [5, 5.41) is 3.61. The number of hydrogen-bond acceptors (Lipinski definition) is 4. The number of piperidine rings is 1. The number of aromatic nitrogens is 2. The van der Waals surface area contributed by atoms with Gasteiger partial charge in [-0.15, -0.1) is 0 Å². The zero-order chi connectivity index (χ0) is 12.8. The molecule has 1 unspecified atom stereocenters. The van der Waals surface area contributed by atoms with Crippen molar-refractivity contribution in [3.8, 4) is 0 Å². The predicted molar refractivity (Wildman–Crippen MR) is 73.2 cm³/mol. The van der Waals surface area contributed by atoms with Gasteiger partial charge in [0.1, 0.15) is 0 Å². The lowest BCUT2D eigenvalue weighted by Crippen LogP contribution is -2.45. The van der Waals surface area contributed by atoms with E-state index in [-0.39, 0.29) is 0 Å². The summed E-state index contributed by atoms with van der Waals surface area (Å²) in [6.45, 7) is 7.66. The topological polar surface area (TPSA) is 41.1 Å². The fraction of sp³-hybridized carbons (Fsp3) is 0.714. The Kier molecular flexibility index (Phi) is 5.08. The Morgan fingerprint density at radius 1 is 1.39 bits per heavy atom. The lowest BCUT2D eigenvalue weighted by molar-refractivity contribution is 0.175. The predicted octanol–water partition coefficient (Wildman–Crippen LogP) is 1.83. The summed E-state index contributed by atoms with van der Waals surface area (Å²) >= 11 is 0. The van der Waals surface area contributed by atoms with E-state index in [1.54, 1.807) is 12.4 Å². The number of rotatable bonds is 5. The fourth-order valence-corrected chi connectivity index (χ4v) is 2.44. The van der Waals surface area contributed by atoms with Crippen molar-refractivity contribution < 1.29 is 0 Å². The van der Waals surface area contributed by atoms with Gasteiger partial charge in [0.25, 0.3) is 0 Å². The van der Waals surface area contributed by atoms with E-state index >= 15 is 0 Å². The first-order valence-electron chi connectivity index (χ1n) is 6.98. The van der Waals surface area contributed by atoms with Gasteiger partial charge in [0.15, 0.2) is 0 Å². The van der Waals surface area contributed by atoms with Crippen LogP contribution in [-0.2, 0) is 6.54 Å². The highest BCUT2D eigenvalue weighted by Crippen LogP contribution is 2.12. The molecule has 2 heterocycles. The van der Waals surface area contributed by atoms with Gasteiger partial charge in [-0.2, -0.15) is 0 Å². The highest BCUT2D eigenvalue weighted by atomic mass is 15.2. The Morgan fingerprint density at radius 2 is 2.28 bits per heavy atom. The molecule has 4 nitrogen and oxygen atoms in total. The maximum absolute atomic E-state index is 4.37. The maximum Gasteiger partial charge on any atom is 0.0726 e. The summed E-state index contributed by atoms with van der Waals surface area (Å²) in [5.74, 6) is 0. The first-order valence-corrected chi connectivity index (χ1v) is 6.98. The maximum atomic E-state index is 4.37. The minimum atomic E-state index is 0.538. The zero-order valence-electron chi connectivity index (χ0n) is 11.5. The Morgan fingerprint density at radius 3 is 2.89 bits per heavy atom. The Bertz CT molecular complexity index is 333. The molecular formula is C14H24N4. The molecule has 4 heteroatoms. The molecule has 100 valence electrons. The third-order valence-corrected chi connectivity index (χ3v) is 3.58. The zero-order valence-corrected chi connectivity index (χ0v) is 11.5. The van der Waals surface area contributed by atoms with E-state index in [2.05, 4.69) is 34.0 Å². The van der Waals surface area contributed by atoms with Crippen LogP contribution in [0, 0.1) is 0 Å². The molecule has 1 aromatic rings. The second kappa shape index (κ2) is 6.81. The average Bonchev–Trinajstić information content (AvgIpc) is 2.40. The normalized spacial score (nSPS) is 20.6. The van der Waals surface area contributed by atoms with Crippen LogP contribution in [0.4, 0.5) is 0 Å². The molecule has 1 aliphatic rings. The molecule has 0 amide bonds. The van der Waals surface area contributed by atoms with Gasteiger partial charge in [0.2, 0.25) is 0 Å². The van der Waals surface area contributed by atoms with Crippen LogP contribution < -0.4 is 5.32 Å². The quantitative estimate of drug-likeness (QED) is 0.863. The lowest BCUT2D eigenvalue weighted by Gasteiger charge is -2.32. The summed E-state index contributed by atoms with van der Waals surface area (Å²) in [6.07, 6.45) is 9.34. The van der Waals surface area contributed by atoms with Crippen LogP contribution >= 0.6 is 0 Å². The average molecular weight is 248 g/mol. The van der Waals surface area contributed by atoms with E-state index in [1.807, 2.05) is 6.20 Å². The van der Waals surface area contributed by atoms with E-state index in [1.165, 1.54) is 25.8 Å². The molecule has 1 atom stereocenters. The summed E-state index contributed by atoms with van der Waals surface area (Å²) in [7, 11) is 0. The third kappa shape index (κ3) is 4.03. The van der Waals surface area contributed by atoms with Crippen molar-refractivity contribution in [1.29, 1.82) is 0 Å². The van der Waals surface area contributed by atoms with Crippen molar-refractivity contribution in [3.05, 3.63) is 24.3 Å². The second-order valence-corrected chi connectivity index (χ2v) is 5.37. The van der Waals surface area contributed by atoms with Gasteiger partial charge >= 0.3 is 0 Å². The van der Waals surface area contributed by atoms with Gasteiger partial charge in [-0.05, 0) is 33.2 Å². The minimum Gasteiger partial charge on any atom is -0.313 e. The number of hydrogen-bond donors (Lipinski definition) is 1. The Labute approximate surface area is 110 Å². The molecular weight excluding hydrogens is 224 g/mol. The fourth-order valence-electron chi connectivity index (χ4n) is 2.44. The monoisotopic (exact) mass is 248 g/mol. The molecule has 1 aromatic heterocycles. The second-order valence-electron chi connectivity index (χ2n) is 5.37. The Hall–Kier alpha value is -1.00. The van der Waals surface area contributed by atoms with Crippen LogP contribution in [0.2, 0.25) is 0 Å². The molecule has 1 N–H and O–H groups in total. The van der Waals surface area contributed by atoms with Crippen molar-refractivity contribution >= 4 is 0 Å². The van der Waals surface area contributed by atoms with E-state index < -0.39 is 0 Å². The van der Waals surface area contributed by atoms with E-state index in [4.69, 9.17) is 0 Å². The largest absolute Gasteiger partial charge is 0.313 e. The molecule has 0 saturated carbocycles. The molecule has 1 saturated heterocycles. The molecule has 1 aliphatic heterocycles. The van der Waals surface area contributed by atoms with Crippen molar-refractivity contribution in [2.75, 3.05) is 13.1 Å². The van der Waals surface area contributed by atoms with Crippen LogP contribution in [0.5, 0.6) is 0 Å². The van der Waals surface area contributed by atoms with Crippen LogP contribution in [0.25, 0.3) is 0 Å². The summed E-state index contributed by atoms with van der Waals surface area (Å²) in [5.41, 5.74) is 1.06. The Balaban J connectivity index is 1.91. The van der Waals surface area contributed by atoms with Gasteiger partial charge in [-0.25, -0.2) is 0 Å². The van der Waals surface area contributed by atoms with Gasteiger partial charge in [-0.3, -0.25) is 14.9 Å². The minimum absolute atomic E-state index is 0.538. The van der Waals surface area contributed by atoms with Crippen LogP contribution in [-0.4, -0.2) is 40.0 Å². The molecule has 0 aliphatic carbocycles. The standard InChI is InChI=1S/C14H24N4/c1-12(2)18(10-13-5-3-4-6-16-13)11-14-9-15-7-8-17-14/h7-9,12-13,16H,3-6,10-11H2,1-2H3. The molecule has 0 aromatic carbocycles. The first kappa shape index (κ1) is 13.4. The SMILES string of the molecule is CC(C)N(Cc1cnccn1)CC1CCCCN1. The summed E-state index contributed by atoms with van der Waals surface area (Å²) in [4.78, 5) is 11.0. The van der Waals surface area contributed by atoms with Crippen molar-refractivity contribution in [2.24, 2.45) is 0 Å². The molecule has 0 radical (unpaired) electrons. The van der Waals surface area contributed by atoms with Crippen LogP contribution in [0.1, 0.15) is 38.8 Å². The molecule has 18 heavy (non-hydrogen) atoms. The molecule has 0 spiro atoms. The smallest absolute Gasteiger partial charge is 0.0726 e. The molecule has 1 fully saturated rings. The van der Waals surface area contributed by atoms with Crippen molar-refractivity contribution in [1.82, 2.24) is 20.2 Å². The van der Waals surface area contributed by atoms with Crippen molar-refractivity contribution in [3.63, 3.8) is 0 Å². The number of nitrogens with zero attached hydrogens (tertiary/aromatic N) is 3. The van der Waals surface area contributed by atoms with E-state index in [0.717, 1.165) is 18.8 Å². The highest BCUT2D eigenvalue weighted by Gasteiger charge is 2.19. The van der Waals surface area contributed by atoms with E-state index in [9.17, 15) is 0 Å². The molecule has 2 rings (SSSR count). The summed E-state index contributed by atoms with van der Waals surface area (Å²) < 4.78 is 0. The third-order valence-electron chi connectivity index (χ3n) is 3.58. The first-order chi connectivity index (χ1) is 8.75. The number of nitrogens with one attached hydrogen (secondary N) is 1. The lowest BCUT2D eigenvalue weighted by atomic mass is 10.0.